The van der Waals surface area contributed by atoms with E-state index in [4.69, 9.17) is 0 Å². The average Bonchev–Trinajstić information content (AvgIpc) is 1.68. The molecule has 0 aromatic heterocycles. The zero-order chi connectivity index (χ0) is 6.41. The Morgan fingerprint density at radius 1 is 1.50 bits per heavy atom. The van der Waals surface area contributed by atoms with Gasteiger partial charge in [0.05, 0.1) is 11.0 Å². The van der Waals surface area contributed by atoms with Crippen LogP contribution < -0.4 is 4.72 Å². The maximum absolute atomic E-state index is 10.6. The first-order chi connectivity index (χ1) is 3.81. The van der Waals surface area contributed by atoms with Crippen molar-refractivity contribution in [3.05, 3.63) is 0 Å². The predicted molar refractivity (Wildman–Crippen MR) is 37.0 cm³/mol. The third-order valence-electron chi connectivity index (χ3n) is 0.695. The Labute approximate surface area is 53.3 Å². The Balaban J connectivity index is 3.06. The van der Waals surface area contributed by atoms with Crippen molar-refractivity contribution in [3.63, 3.8) is 0 Å². The van der Waals surface area contributed by atoms with Crippen molar-refractivity contribution in [3.8, 4) is 0 Å². The van der Waals surface area contributed by atoms with Gasteiger partial charge in [0.2, 0.25) is 0 Å². The highest BCUT2D eigenvalue weighted by Crippen LogP contribution is 1.79. The van der Waals surface area contributed by atoms with Gasteiger partial charge in [-0.25, -0.2) is 8.93 Å². The molecule has 0 saturated carbocycles. The van der Waals surface area contributed by atoms with Crippen LogP contribution in [0.2, 0.25) is 0 Å². The molecule has 0 aliphatic heterocycles. The maximum Gasteiger partial charge on any atom is 0.0915 e. The largest absolute Gasteiger partial charge is 0.243 e. The molecule has 3 heteroatoms. The van der Waals surface area contributed by atoms with Crippen molar-refractivity contribution in [1.29, 1.82) is 0 Å². The van der Waals surface area contributed by atoms with E-state index in [0.29, 0.717) is 0 Å². The quantitative estimate of drug-likeness (QED) is 0.603. The van der Waals surface area contributed by atoms with Crippen LogP contribution in [-0.2, 0) is 11.0 Å². The van der Waals surface area contributed by atoms with Crippen molar-refractivity contribution in [2.24, 2.45) is 0 Å². The Kier molecular flexibility index (Phi) is 5.32. The highest BCUT2D eigenvalue weighted by atomic mass is 32.2. The number of rotatable bonds is 4. The maximum atomic E-state index is 10.6. The van der Waals surface area contributed by atoms with E-state index in [2.05, 4.69) is 4.72 Å². The first-order valence-corrected chi connectivity index (χ1v) is 4.25. The molecular weight excluding hydrogens is 122 g/mol. The summed E-state index contributed by atoms with van der Waals surface area (Å²) in [5, 5.41) is 0. The second-order valence-corrected chi connectivity index (χ2v) is 2.94. The standard InChI is InChI=1S/C5H13NOS/c1-3-5-8(7)6-4-2/h6H,3-5H2,1-2H3. The van der Waals surface area contributed by atoms with Crippen LogP contribution in [0.1, 0.15) is 20.3 Å². The molecule has 0 fully saturated rings. The number of hydrogen-bond donors (Lipinski definition) is 1. The lowest BCUT2D eigenvalue weighted by molar-refractivity contribution is 0.673. The Hall–Kier alpha value is 0.110. The molecule has 8 heavy (non-hydrogen) atoms. The fraction of sp³-hybridized carbons (Fsp3) is 1.00. The lowest BCUT2D eigenvalue weighted by Gasteiger charge is -1.96. The molecule has 0 spiro atoms. The van der Waals surface area contributed by atoms with Gasteiger partial charge in [0.25, 0.3) is 0 Å². The van der Waals surface area contributed by atoms with Gasteiger partial charge in [-0.3, -0.25) is 0 Å². The molecular formula is C5H13NOS. The molecule has 0 aromatic carbocycles. The third kappa shape index (κ3) is 4.27. The summed E-state index contributed by atoms with van der Waals surface area (Å²) in [5.41, 5.74) is 0. The summed E-state index contributed by atoms with van der Waals surface area (Å²) in [6.45, 7) is 4.77. The van der Waals surface area contributed by atoms with Crippen molar-refractivity contribution < 1.29 is 4.21 Å². The Bertz CT molecular complexity index is 66.8. The molecule has 0 amide bonds. The minimum Gasteiger partial charge on any atom is -0.243 e. The summed E-state index contributed by atoms with van der Waals surface area (Å²) >= 11 is 0. The van der Waals surface area contributed by atoms with Gasteiger partial charge < -0.3 is 0 Å². The minimum atomic E-state index is -0.770. The van der Waals surface area contributed by atoms with Crippen molar-refractivity contribution in [2.75, 3.05) is 12.3 Å². The SMILES string of the molecule is CCCS(=O)NCC. The van der Waals surface area contributed by atoms with E-state index in [9.17, 15) is 4.21 Å². The van der Waals surface area contributed by atoms with Crippen LogP contribution in [0.4, 0.5) is 0 Å². The topological polar surface area (TPSA) is 29.1 Å². The van der Waals surface area contributed by atoms with Crippen LogP contribution >= 0.6 is 0 Å². The molecule has 0 aliphatic rings. The van der Waals surface area contributed by atoms with Crippen LogP contribution in [0, 0.1) is 0 Å². The fourth-order valence-corrected chi connectivity index (χ4v) is 1.26. The van der Waals surface area contributed by atoms with Gasteiger partial charge in [0.15, 0.2) is 0 Å². The first kappa shape index (κ1) is 8.11. The smallest absolute Gasteiger partial charge is 0.0915 e. The van der Waals surface area contributed by atoms with Crippen LogP contribution in [0.25, 0.3) is 0 Å². The molecule has 0 bridgehead atoms. The predicted octanol–water partition coefficient (Wildman–Crippen LogP) is 0.670. The monoisotopic (exact) mass is 135 g/mol. The highest BCUT2D eigenvalue weighted by molar-refractivity contribution is 7.82. The molecule has 1 atom stereocenters. The zero-order valence-corrected chi connectivity index (χ0v) is 6.25. The summed E-state index contributed by atoms with van der Waals surface area (Å²) < 4.78 is 13.5. The first-order valence-electron chi connectivity index (χ1n) is 2.93. The lowest BCUT2D eigenvalue weighted by atomic mass is 10.6. The van der Waals surface area contributed by atoms with Gasteiger partial charge in [0.1, 0.15) is 0 Å². The molecule has 0 radical (unpaired) electrons. The summed E-state index contributed by atoms with van der Waals surface area (Å²) in [7, 11) is -0.770. The molecule has 0 aromatic rings. The van der Waals surface area contributed by atoms with Crippen molar-refractivity contribution in [2.45, 2.75) is 20.3 Å². The van der Waals surface area contributed by atoms with E-state index in [1.54, 1.807) is 0 Å². The average molecular weight is 135 g/mol. The summed E-state index contributed by atoms with van der Waals surface area (Å²) in [6.07, 6.45) is 0.986. The van der Waals surface area contributed by atoms with Crippen LogP contribution in [0.5, 0.6) is 0 Å². The van der Waals surface area contributed by atoms with Crippen LogP contribution in [0.15, 0.2) is 0 Å². The third-order valence-corrected chi connectivity index (χ3v) is 2.08. The number of hydrogen-bond acceptors (Lipinski definition) is 1. The molecule has 0 aliphatic carbocycles. The molecule has 2 nitrogen and oxygen atoms in total. The van der Waals surface area contributed by atoms with Gasteiger partial charge >= 0.3 is 0 Å². The number of nitrogens with one attached hydrogen (secondary N) is 1. The molecule has 0 rings (SSSR count). The van der Waals surface area contributed by atoms with Gasteiger partial charge in [-0.15, -0.1) is 0 Å². The van der Waals surface area contributed by atoms with E-state index in [1.807, 2.05) is 13.8 Å². The second kappa shape index (κ2) is 5.25. The van der Waals surface area contributed by atoms with E-state index < -0.39 is 11.0 Å². The van der Waals surface area contributed by atoms with E-state index >= 15 is 0 Å². The van der Waals surface area contributed by atoms with Crippen LogP contribution in [-0.4, -0.2) is 16.5 Å². The lowest BCUT2D eigenvalue weighted by Crippen LogP contribution is -2.18. The molecule has 50 valence electrons. The van der Waals surface area contributed by atoms with Crippen LogP contribution in [0.3, 0.4) is 0 Å². The minimum absolute atomic E-state index is 0.770. The fourth-order valence-electron chi connectivity index (χ4n) is 0.419. The van der Waals surface area contributed by atoms with Gasteiger partial charge in [-0.2, -0.15) is 0 Å². The Morgan fingerprint density at radius 3 is 2.50 bits per heavy atom. The van der Waals surface area contributed by atoms with Gasteiger partial charge in [-0.05, 0) is 6.42 Å². The highest BCUT2D eigenvalue weighted by Gasteiger charge is 1.90. The Morgan fingerprint density at radius 2 is 2.12 bits per heavy atom. The summed E-state index contributed by atoms with van der Waals surface area (Å²) in [5.74, 6) is 0.772. The van der Waals surface area contributed by atoms with E-state index in [0.717, 1.165) is 18.7 Å². The molecule has 1 unspecified atom stereocenters. The van der Waals surface area contributed by atoms with Crippen molar-refractivity contribution >= 4 is 11.0 Å². The normalized spacial score (nSPS) is 13.8. The molecule has 0 saturated heterocycles. The zero-order valence-electron chi connectivity index (χ0n) is 5.44. The second-order valence-electron chi connectivity index (χ2n) is 1.55. The van der Waals surface area contributed by atoms with E-state index in [-0.39, 0.29) is 0 Å². The van der Waals surface area contributed by atoms with Gasteiger partial charge in [0, 0.05) is 12.3 Å². The molecule has 0 heterocycles. The van der Waals surface area contributed by atoms with E-state index in [1.165, 1.54) is 0 Å². The summed E-state index contributed by atoms with van der Waals surface area (Å²) in [6, 6.07) is 0. The summed E-state index contributed by atoms with van der Waals surface area (Å²) in [4.78, 5) is 0. The van der Waals surface area contributed by atoms with Gasteiger partial charge in [-0.1, -0.05) is 13.8 Å². The van der Waals surface area contributed by atoms with Crippen molar-refractivity contribution in [1.82, 2.24) is 4.72 Å². The molecule has 1 N–H and O–H groups in total.